The van der Waals surface area contributed by atoms with Crippen LogP contribution in [0.1, 0.15) is 45.6 Å². The predicted octanol–water partition coefficient (Wildman–Crippen LogP) is 4.77. The number of carboxylic acid groups (broad SMARTS) is 1. The fourth-order valence-electron chi connectivity index (χ4n) is 4.19. The number of sulfone groups is 1. The Bertz CT molecular complexity index is 2090. The summed E-state index contributed by atoms with van der Waals surface area (Å²) in [7, 11) is -3.62. The standard InChI is InChI=1S/C29H24Cl2N2O7S/c1-41(38,39)20-4-2-3-16(11-20)12-23(29(36)37)32-27(34)25-22(30)13-19-15-33(9-7-21(19)26(25)31)28(35)18-6-5-17-8-10-40-24(17)14-18/h2-6,8,10-11,13-14,23H,7,9,12,15H2,1H3,(H,32,34)(H,36,37)/t23-/m0/s1/i7D2,9D2,15D2. The van der Waals surface area contributed by atoms with Gasteiger partial charge in [0.25, 0.3) is 11.8 Å². The minimum atomic E-state index is -3.62. The number of benzene rings is 3. The molecule has 1 atom stereocenters. The number of halogens is 2. The van der Waals surface area contributed by atoms with Gasteiger partial charge in [0.1, 0.15) is 11.6 Å². The van der Waals surface area contributed by atoms with Crippen molar-refractivity contribution in [1.82, 2.24) is 10.2 Å². The molecule has 9 nitrogen and oxygen atoms in total. The Morgan fingerprint density at radius 2 is 1.93 bits per heavy atom. The Morgan fingerprint density at radius 3 is 2.66 bits per heavy atom. The first-order valence-corrected chi connectivity index (χ1v) is 14.5. The van der Waals surface area contributed by atoms with Gasteiger partial charge in [-0.15, -0.1) is 0 Å². The lowest BCUT2D eigenvalue weighted by Crippen LogP contribution is -2.42. The van der Waals surface area contributed by atoms with Crippen LogP contribution in [-0.2, 0) is 33.9 Å². The number of fused-ring (bicyclic) bond motifs is 2. The lowest BCUT2D eigenvalue weighted by atomic mass is 9.95. The number of aliphatic carboxylic acids is 1. The lowest BCUT2D eigenvalue weighted by Gasteiger charge is -2.30. The Kier molecular flexibility index (Phi) is 5.96. The number of nitrogens with one attached hydrogen (secondary N) is 1. The van der Waals surface area contributed by atoms with E-state index in [-0.39, 0.29) is 32.9 Å². The molecular formula is C29H24Cl2N2O7S. The van der Waals surface area contributed by atoms with Crippen molar-refractivity contribution < 1.29 is 40.5 Å². The van der Waals surface area contributed by atoms with Gasteiger partial charge in [0.15, 0.2) is 9.84 Å². The van der Waals surface area contributed by atoms with Crippen LogP contribution in [-0.4, -0.2) is 55.0 Å². The van der Waals surface area contributed by atoms with Gasteiger partial charge in [-0.1, -0.05) is 41.4 Å². The Morgan fingerprint density at radius 1 is 1.15 bits per heavy atom. The van der Waals surface area contributed by atoms with Gasteiger partial charge in [-0.25, -0.2) is 13.2 Å². The molecule has 0 saturated heterocycles. The molecule has 2 N–H and O–H groups in total. The van der Waals surface area contributed by atoms with Crippen LogP contribution in [0.4, 0.5) is 0 Å². The van der Waals surface area contributed by atoms with Gasteiger partial charge in [-0.3, -0.25) is 9.59 Å². The molecule has 4 aromatic rings. The zero-order valence-corrected chi connectivity index (χ0v) is 23.4. The monoisotopic (exact) mass is 620 g/mol. The normalized spacial score (nSPS) is 19.8. The number of rotatable bonds is 7. The highest BCUT2D eigenvalue weighted by atomic mass is 35.5. The summed E-state index contributed by atoms with van der Waals surface area (Å²) >= 11 is 12.9. The summed E-state index contributed by atoms with van der Waals surface area (Å²) < 4.78 is 81.8. The number of nitrogens with zero attached hydrogens (tertiary/aromatic N) is 1. The fourth-order valence-corrected chi connectivity index (χ4v) is 5.55. The van der Waals surface area contributed by atoms with E-state index in [2.05, 4.69) is 5.32 Å². The largest absolute Gasteiger partial charge is 0.480 e. The summed E-state index contributed by atoms with van der Waals surface area (Å²) in [6, 6.07) is 10.3. The minimum Gasteiger partial charge on any atom is -0.480 e. The molecule has 0 fully saturated rings. The molecule has 0 spiro atoms. The van der Waals surface area contributed by atoms with Crippen LogP contribution in [0.2, 0.25) is 10.0 Å². The highest BCUT2D eigenvalue weighted by molar-refractivity contribution is 7.90. The quantitative estimate of drug-likeness (QED) is 0.304. The van der Waals surface area contributed by atoms with Gasteiger partial charge in [-0.2, -0.15) is 0 Å². The SMILES string of the molecule is [2H]C1([2H])c2cc(Cl)c(C(=O)N[C@@H](Cc3cccc(S(C)(=O)=O)c3)C(=O)O)c(Cl)c2C([2H])([2H])C([2H])([2H])N1C(=O)c1ccc2ccoc2c1. The second-order valence-electron chi connectivity index (χ2n) is 9.12. The third-order valence-electron chi connectivity index (χ3n) is 6.25. The molecule has 3 aromatic carbocycles. The van der Waals surface area contributed by atoms with Gasteiger partial charge < -0.3 is 19.7 Å². The summed E-state index contributed by atoms with van der Waals surface area (Å²) in [6.45, 7) is -6.48. The Labute approximate surface area is 254 Å². The number of carbonyl (C=O) groups is 3. The predicted molar refractivity (Wildman–Crippen MR) is 153 cm³/mol. The Hall–Kier alpha value is -3.86. The van der Waals surface area contributed by atoms with Crippen molar-refractivity contribution in [2.24, 2.45) is 0 Å². The number of hydrogen-bond donors (Lipinski definition) is 2. The van der Waals surface area contributed by atoms with E-state index in [1.807, 2.05) is 0 Å². The van der Waals surface area contributed by atoms with E-state index in [9.17, 15) is 27.9 Å². The summed E-state index contributed by atoms with van der Waals surface area (Å²) in [5, 5.41) is 11.3. The van der Waals surface area contributed by atoms with E-state index < -0.39 is 79.8 Å². The minimum absolute atomic E-state index is 0.0777. The number of furan rings is 1. The second kappa shape index (κ2) is 11.2. The smallest absolute Gasteiger partial charge is 0.326 e. The number of carbonyl (C=O) groups excluding carboxylic acids is 2. The van der Waals surface area contributed by atoms with Crippen LogP contribution in [0.3, 0.4) is 0 Å². The molecule has 12 heteroatoms. The van der Waals surface area contributed by atoms with E-state index in [0.717, 1.165) is 12.3 Å². The maximum Gasteiger partial charge on any atom is 0.326 e. The van der Waals surface area contributed by atoms with Crippen molar-refractivity contribution in [1.29, 1.82) is 0 Å². The van der Waals surface area contributed by atoms with Crippen LogP contribution in [0.15, 0.2) is 70.2 Å². The molecule has 0 radical (unpaired) electrons. The molecule has 0 bridgehead atoms. The van der Waals surface area contributed by atoms with Crippen LogP contribution in [0.25, 0.3) is 11.0 Å². The van der Waals surface area contributed by atoms with Crippen LogP contribution in [0.5, 0.6) is 0 Å². The van der Waals surface area contributed by atoms with E-state index in [1.165, 1.54) is 48.7 Å². The average molecular weight is 622 g/mol. The first-order chi connectivity index (χ1) is 21.7. The maximum atomic E-state index is 13.7. The molecular weight excluding hydrogens is 591 g/mol. The van der Waals surface area contributed by atoms with Crippen molar-refractivity contribution in [3.8, 4) is 0 Å². The first-order valence-electron chi connectivity index (χ1n) is 14.9. The lowest BCUT2D eigenvalue weighted by molar-refractivity contribution is -0.139. The summed E-state index contributed by atoms with van der Waals surface area (Å²) in [5.41, 5.74) is -1.80. The first kappa shape index (κ1) is 21.8. The number of carboxylic acids is 1. The topological polar surface area (TPSA) is 134 Å². The van der Waals surface area contributed by atoms with Crippen LogP contribution in [0, 0.1) is 0 Å². The molecule has 1 aliphatic heterocycles. The molecule has 5 rings (SSSR count). The van der Waals surface area contributed by atoms with E-state index >= 15 is 0 Å². The molecule has 1 aromatic heterocycles. The third kappa shape index (κ3) is 5.95. The van der Waals surface area contributed by atoms with E-state index in [4.69, 9.17) is 35.8 Å². The summed E-state index contributed by atoms with van der Waals surface area (Å²) in [4.78, 5) is 39.2. The van der Waals surface area contributed by atoms with Crippen LogP contribution >= 0.6 is 23.2 Å². The van der Waals surface area contributed by atoms with Gasteiger partial charge in [0.2, 0.25) is 0 Å². The molecule has 2 amide bonds. The summed E-state index contributed by atoms with van der Waals surface area (Å²) in [6.07, 6.45) is -1.29. The molecule has 2 heterocycles. The zero-order valence-electron chi connectivity index (χ0n) is 27.1. The molecule has 1 aliphatic rings. The van der Waals surface area contributed by atoms with Crippen molar-refractivity contribution in [2.75, 3.05) is 12.8 Å². The molecule has 41 heavy (non-hydrogen) atoms. The molecule has 212 valence electrons. The van der Waals surface area contributed by atoms with Crippen molar-refractivity contribution in [3.05, 3.63) is 98.7 Å². The zero-order chi connectivity index (χ0) is 34.9. The van der Waals surface area contributed by atoms with Crippen molar-refractivity contribution in [2.45, 2.75) is 30.2 Å². The summed E-state index contributed by atoms with van der Waals surface area (Å²) in [5.74, 6) is -3.94. The number of hydrogen-bond acceptors (Lipinski definition) is 6. The highest BCUT2D eigenvalue weighted by Crippen LogP contribution is 2.35. The Balaban J connectivity index is 1.55. The fraction of sp³-hybridized carbons (Fsp3) is 0.207. The van der Waals surface area contributed by atoms with Gasteiger partial charge in [-0.05, 0) is 59.5 Å². The van der Waals surface area contributed by atoms with Gasteiger partial charge in [0.05, 0.1) is 29.5 Å². The average Bonchev–Trinajstić information content (AvgIpc) is 3.43. The molecule has 0 aliphatic carbocycles. The van der Waals surface area contributed by atoms with E-state index in [0.29, 0.717) is 5.39 Å². The maximum absolute atomic E-state index is 13.7. The number of amides is 2. The van der Waals surface area contributed by atoms with Crippen LogP contribution < -0.4 is 5.32 Å². The van der Waals surface area contributed by atoms with Crippen molar-refractivity contribution >= 4 is 61.8 Å². The van der Waals surface area contributed by atoms with E-state index in [1.54, 1.807) is 6.07 Å². The highest BCUT2D eigenvalue weighted by Gasteiger charge is 2.30. The third-order valence-corrected chi connectivity index (χ3v) is 8.03. The van der Waals surface area contributed by atoms with Crippen molar-refractivity contribution in [3.63, 3.8) is 0 Å². The molecule has 0 unspecified atom stereocenters. The second-order valence-corrected chi connectivity index (χ2v) is 11.9. The molecule has 0 saturated carbocycles. The van der Waals surface area contributed by atoms with Gasteiger partial charge in [0, 0.05) is 42.1 Å². The van der Waals surface area contributed by atoms with Gasteiger partial charge >= 0.3 is 5.97 Å².